The lowest BCUT2D eigenvalue weighted by atomic mass is 10.2. The monoisotopic (exact) mass is 289 g/mol. The van der Waals surface area contributed by atoms with Crippen LogP contribution in [0.3, 0.4) is 0 Å². The molecule has 0 spiro atoms. The molecule has 2 heterocycles. The summed E-state index contributed by atoms with van der Waals surface area (Å²) >= 11 is 0. The average Bonchev–Trinajstić information content (AvgIpc) is 2.92. The van der Waals surface area contributed by atoms with Gasteiger partial charge in [0, 0.05) is 38.1 Å². The molecule has 1 amide bonds. The Labute approximate surface area is 122 Å². The first-order chi connectivity index (χ1) is 10.0. The summed E-state index contributed by atoms with van der Waals surface area (Å²) in [6.07, 6.45) is 3.02. The fourth-order valence-corrected chi connectivity index (χ4v) is 1.95. The normalized spacial score (nSPS) is 12.1. The molecule has 1 unspecified atom stereocenters. The number of nitrogens with zero attached hydrogens (tertiary/aromatic N) is 3. The Morgan fingerprint density at radius 3 is 2.76 bits per heavy atom. The second-order valence-electron chi connectivity index (χ2n) is 4.92. The van der Waals surface area contributed by atoms with E-state index in [4.69, 9.17) is 0 Å². The second-order valence-corrected chi connectivity index (χ2v) is 4.92. The fraction of sp³-hybridized carbons (Fsp3) is 0.357. The molecule has 0 aromatic carbocycles. The fourth-order valence-electron chi connectivity index (χ4n) is 1.95. The van der Waals surface area contributed by atoms with Crippen LogP contribution in [-0.2, 0) is 0 Å². The summed E-state index contributed by atoms with van der Waals surface area (Å²) in [5, 5.41) is 5.85. The maximum atomic E-state index is 12.2. The van der Waals surface area contributed by atoms with E-state index in [0.29, 0.717) is 17.9 Å². The number of nitrogens with one attached hydrogen (secondary N) is 2. The molecule has 0 saturated carbocycles. The van der Waals surface area contributed by atoms with E-state index in [1.165, 1.54) is 23.1 Å². The van der Waals surface area contributed by atoms with Gasteiger partial charge in [-0.2, -0.15) is 0 Å². The summed E-state index contributed by atoms with van der Waals surface area (Å²) in [7, 11) is 3.60. The van der Waals surface area contributed by atoms with E-state index >= 15 is 0 Å². The van der Waals surface area contributed by atoms with Gasteiger partial charge in [0.1, 0.15) is 0 Å². The van der Waals surface area contributed by atoms with Crippen LogP contribution >= 0.6 is 0 Å². The van der Waals surface area contributed by atoms with E-state index in [1.807, 2.05) is 14.0 Å². The molecular weight excluding hydrogens is 270 g/mol. The highest BCUT2D eigenvalue weighted by Gasteiger charge is 2.14. The van der Waals surface area contributed by atoms with Gasteiger partial charge in [0.25, 0.3) is 11.5 Å². The summed E-state index contributed by atoms with van der Waals surface area (Å²) in [6.45, 7) is 2.61. The van der Waals surface area contributed by atoms with Crippen LogP contribution in [0.25, 0.3) is 5.82 Å². The van der Waals surface area contributed by atoms with E-state index in [2.05, 4.69) is 15.4 Å². The third kappa shape index (κ3) is 3.38. The number of rotatable bonds is 5. The van der Waals surface area contributed by atoms with Gasteiger partial charge in [0.15, 0.2) is 5.82 Å². The molecule has 2 rings (SSSR count). The highest BCUT2D eigenvalue weighted by molar-refractivity contribution is 5.93. The third-order valence-corrected chi connectivity index (χ3v) is 3.26. The van der Waals surface area contributed by atoms with Crippen molar-refractivity contribution in [2.45, 2.75) is 13.0 Å². The average molecular weight is 289 g/mol. The predicted octanol–water partition coefficient (Wildman–Crippen LogP) is 0.240. The Hall–Kier alpha value is -2.41. The van der Waals surface area contributed by atoms with Crippen molar-refractivity contribution in [2.24, 2.45) is 0 Å². The van der Waals surface area contributed by atoms with Gasteiger partial charge < -0.3 is 10.2 Å². The molecule has 0 fully saturated rings. The highest BCUT2D eigenvalue weighted by atomic mass is 16.2. The Morgan fingerprint density at radius 1 is 1.48 bits per heavy atom. The van der Waals surface area contributed by atoms with Gasteiger partial charge in [-0.3, -0.25) is 14.7 Å². The van der Waals surface area contributed by atoms with Gasteiger partial charge in [-0.15, -0.1) is 0 Å². The SMILES string of the molecule is CNC(C)CN(C)C(=O)c1ccc(-n2[nH]ccc2=O)nc1. The number of hydrogen-bond donors (Lipinski definition) is 2. The summed E-state index contributed by atoms with van der Waals surface area (Å²) in [5.74, 6) is 0.350. The first kappa shape index (κ1) is 15.0. The molecule has 0 saturated heterocycles. The maximum Gasteiger partial charge on any atom is 0.272 e. The molecule has 2 N–H and O–H groups in total. The van der Waals surface area contributed by atoms with Crippen LogP contribution in [0.1, 0.15) is 17.3 Å². The molecule has 7 heteroatoms. The van der Waals surface area contributed by atoms with Crippen LogP contribution < -0.4 is 10.9 Å². The smallest absolute Gasteiger partial charge is 0.272 e. The molecule has 2 aromatic heterocycles. The number of carbonyl (C=O) groups is 1. The van der Waals surface area contributed by atoms with E-state index in [-0.39, 0.29) is 17.5 Å². The van der Waals surface area contributed by atoms with E-state index < -0.39 is 0 Å². The van der Waals surface area contributed by atoms with E-state index in [0.717, 1.165) is 0 Å². The van der Waals surface area contributed by atoms with Gasteiger partial charge in [0.05, 0.1) is 5.56 Å². The summed E-state index contributed by atoms with van der Waals surface area (Å²) in [4.78, 5) is 29.5. The standard InChI is InChI=1S/C14H19N5O2/c1-10(15-2)9-18(3)14(21)11-4-5-12(16-8-11)19-13(20)6-7-17-19/h4-8,10,15,17H,9H2,1-3H3. The number of aromatic amines is 1. The maximum absolute atomic E-state index is 12.2. The zero-order valence-corrected chi connectivity index (χ0v) is 12.3. The minimum Gasteiger partial charge on any atom is -0.340 e. The highest BCUT2D eigenvalue weighted by Crippen LogP contribution is 2.06. The zero-order valence-electron chi connectivity index (χ0n) is 12.3. The molecular formula is C14H19N5O2. The molecule has 0 aliphatic carbocycles. The van der Waals surface area contributed by atoms with Crippen molar-refractivity contribution < 1.29 is 4.79 Å². The Balaban J connectivity index is 2.14. The van der Waals surface area contributed by atoms with Gasteiger partial charge in [-0.1, -0.05) is 0 Å². The number of hydrogen-bond acceptors (Lipinski definition) is 4. The molecule has 2 aromatic rings. The van der Waals surface area contributed by atoms with Crippen LogP contribution in [-0.4, -0.2) is 52.3 Å². The van der Waals surface area contributed by atoms with E-state index in [1.54, 1.807) is 24.1 Å². The van der Waals surface area contributed by atoms with Crippen LogP contribution in [0, 0.1) is 0 Å². The minimum absolute atomic E-state index is 0.102. The number of carbonyl (C=O) groups excluding carboxylic acids is 1. The van der Waals surface area contributed by atoms with Crippen molar-refractivity contribution >= 4 is 5.91 Å². The van der Waals surface area contributed by atoms with Crippen molar-refractivity contribution in [3.8, 4) is 5.82 Å². The first-order valence-corrected chi connectivity index (χ1v) is 6.68. The number of aromatic nitrogens is 3. The van der Waals surface area contributed by atoms with Crippen molar-refractivity contribution in [1.82, 2.24) is 25.0 Å². The van der Waals surface area contributed by atoms with Gasteiger partial charge in [-0.05, 0) is 26.1 Å². The lowest BCUT2D eigenvalue weighted by Gasteiger charge is -2.21. The van der Waals surface area contributed by atoms with E-state index in [9.17, 15) is 9.59 Å². The Morgan fingerprint density at radius 2 is 2.24 bits per heavy atom. The number of likely N-dealkylation sites (N-methyl/N-ethyl adjacent to an activating group) is 2. The van der Waals surface area contributed by atoms with Crippen molar-refractivity contribution in [3.05, 3.63) is 46.5 Å². The van der Waals surface area contributed by atoms with Gasteiger partial charge >= 0.3 is 0 Å². The summed E-state index contributed by atoms with van der Waals surface area (Å²) in [6, 6.07) is 4.93. The molecule has 21 heavy (non-hydrogen) atoms. The van der Waals surface area contributed by atoms with Crippen LogP contribution in [0.5, 0.6) is 0 Å². The second kappa shape index (κ2) is 6.36. The molecule has 1 atom stereocenters. The molecule has 0 aliphatic heterocycles. The molecule has 7 nitrogen and oxygen atoms in total. The Bertz CT molecular complexity index is 659. The largest absolute Gasteiger partial charge is 0.340 e. The van der Waals surface area contributed by atoms with Crippen molar-refractivity contribution in [1.29, 1.82) is 0 Å². The van der Waals surface area contributed by atoms with Crippen molar-refractivity contribution in [2.75, 3.05) is 20.6 Å². The van der Waals surface area contributed by atoms with Crippen molar-refractivity contribution in [3.63, 3.8) is 0 Å². The predicted molar refractivity (Wildman–Crippen MR) is 79.7 cm³/mol. The topological polar surface area (TPSA) is 83.0 Å². The number of H-pyrrole nitrogens is 1. The first-order valence-electron chi connectivity index (χ1n) is 6.68. The number of amides is 1. The molecule has 0 bridgehead atoms. The molecule has 0 aliphatic rings. The lowest BCUT2D eigenvalue weighted by molar-refractivity contribution is 0.0784. The van der Waals surface area contributed by atoms with Crippen LogP contribution in [0.15, 0.2) is 35.4 Å². The lowest BCUT2D eigenvalue weighted by Crippen LogP contribution is -2.38. The molecule has 112 valence electrons. The van der Waals surface area contributed by atoms with Gasteiger partial charge in [-0.25, -0.2) is 9.67 Å². The molecule has 0 radical (unpaired) electrons. The quantitative estimate of drug-likeness (QED) is 0.826. The summed E-state index contributed by atoms with van der Waals surface area (Å²) < 4.78 is 1.31. The van der Waals surface area contributed by atoms with Crippen LogP contribution in [0.4, 0.5) is 0 Å². The van der Waals surface area contributed by atoms with Gasteiger partial charge in [0.2, 0.25) is 0 Å². The number of pyridine rings is 1. The Kier molecular flexibility index (Phi) is 4.54. The minimum atomic E-state index is -0.193. The summed E-state index contributed by atoms with van der Waals surface area (Å²) in [5.41, 5.74) is 0.297. The zero-order chi connectivity index (χ0) is 15.4. The third-order valence-electron chi connectivity index (χ3n) is 3.26. The van der Waals surface area contributed by atoms with Crippen LogP contribution in [0.2, 0.25) is 0 Å².